The van der Waals surface area contributed by atoms with Crippen LogP contribution in [0.15, 0.2) is 28.8 Å². The Morgan fingerprint density at radius 3 is 2.64 bits per heavy atom. The Kier molecular flexibility index (Phi) is 4.55. The van der Waals surface area contributed by atoms with Gasteiger partial charge in [0.1, 0.15) is 0 Å². The van der Waals surface area contributed by atoms with E-state index >= 15 is 0 Å². The number of carbonyl (C=O) groups is 1. The third kappa shape index (κ3) is 3.51. The second-order valence-electron chi connectivity index (χ2n) is 8.45. The second-order valence-corrected chi connectivity index (χ2v) is 8.45. The summed E-state index contributed by atoms with van der Waals surface area (Å²) in [6.45, 7) is 0. The van der Waals surface area contributed by atoms with Crippen LogP contribution in [0.3, 0.4) is 0 Å². The van der Waals surface area contributed by atoms with Crippen molar-refractivity contribution in [1.82, 2.24) is 20.4 Å². The molecule has 2 N–H and O–H groups in total. The molecule has 7 heteroatoms. The molecule has 0 radical (unpaired) electrons. The van der Waals surface area contributed by atoms with Crippen molar-refractivity contribution in [2.75, 3.05) is 12.4 Å². The minimum Gasteiger partial charge on any atom is -0.335 e. The Balaban J connectivity index is 1.26. The first kappa shape index (κ1) is 17.7. The van der Waals surface area contributed by atoms with Crippen molar-refractivity contribution in [1.29, 1.82) is 0 Å². The van der Waals surface area contributed by atoms with E-state index in [1.807, 2.05) is 24.3 Å². The molecule has 2 amide bonds. The van der Waals surface area contributed by atoms with Crippen molar-refractivity contribution in [2.45, 2.75) is 69.0 Å². The van der Waals surface area contributed by atoms with E-state index in [9.17, 15) is 4.79 Å². The highest BCUT2D eigenvalue weighted by atomic mass is 16.5. The number of hydrogen-bond acceptors (Lipinski definition) is 5. The van der Waals surface area contributed by atoms with Gasteiger partial charge in [0, 0.05) is 24.0 Å². The predicted molar refractivity (Wildman–Crippen MR) is 106 cm³/mol. The monoisotopic (exact) mass is 381 g/mol. The minimum atomic E-state index is -0.165. The summed E-state index contributed by atoms with van der Waals surface area (Å²) < 4.78 is 5.45. The quantitative estimate of drug-likeness (QED) is 0.843. The van der Waals surface area contributed by atoms with E-state index in [4.69, 9.17) is 4.52 Å². The summed E-state index contributed by atoms with van der Waals surface area (Å²) >= 11 is 0. The normalized spacial score (nSPS) is 27.4. The highest BCUT2D eigenvalue weighted by Crippen LogP contribution is 2.39. The smallest absolute Gasteiger partial charge is 0.319 e. The van der Waals surface area contributed by atoms with Gasteiger partial charge in [-0.1, -0.05) is 23.7 Å². The number of anilines is 1. The number of fused-ring (bicyclic) bond motifs is 2. The Hall–Kier alpha value is -2.41. The lowest BCUT2D eigenvalue weighted by atomic mass is 9.82. The van der Waals surface area contributed by atoms with Gasteiger partial charge in [-0.3, -0.25) is 0 Å². The number of para-hydroxylation sites is 1. The maximum absolute atomic E-state index is 12.7. The lowest BCUT2D eigenvalue weighted by molar-refractivity contribution is 0.0513. The van der Waals surface area contributed by atoms with E-state index < -0.39 is 0 Å². The molecule has 0 spiro atoms. The third-order valence-electron chi connectivity index (χ3n) is 6.46. The zero-order valence-corrected chi connectivity index (χ0v) is 16.2. The number of piperidine rings is 2. The van der Waals surface area contributed by atoms with Gasteiger partial charge in [0.05, 0.1) is 11.3 Å². The van der Waals surface area contributed by atoms with Crippen LogP contribution in [0.5, 0.6) is 0 Å². The van der Waals surface area contributed by atoms with E-state index in [0.717, 1.165) is 37.1 Å². The van der Waals surface area contributed by atoms with Gasteiger partial charge in [-0.2, -0.15) is 4.98 Å². The number of rotatable bonds is 4. The number of benzene rings is 1. The van der Waals surface area contributed by atoms with Crippen molar-refractivity contribution in [3.63, 3.8) is 0 Å². The summed E-state index contributed by atoms with van der Waals surface area (Å²) in [5, 5.41) is 10.3. The van der Waals surface area contributed by atoms with Crippen LogP contribution in [0.4, 0.5) is 10.5 Å². The number of nitrogens with zero attached hydrogens (tertiary/aromatic N) is 3. The van der Waals surface area contributed by atoms with Gasteiger partial charge >= 0.3 is 6.03 Å². The van der Waals surface area contributed by atoms with Gasteiger partial charge in [-0.25, -0.2) is 4.79 Å². The first-order chi connectivity index (χ1) is 13.7. The Labute approximate surface area is 164 Å². The van der Waals surface area contributed by atoms with Gasteiger partial charge in [0.2, 0.25) is 0 Å². The average molecular weight is 381 g/mol. The molecule has 1 saturated carbocycles. The van der Waals surface area contributed by atoms with Gasteiger partial charge in [0.15, 0.2) is 5.82 Å². The van der Waals surface area contributed by atoms with Crippen LogP contribution >= 0.6 is 0 Å². The molecule has 28 heavy (non-hydrogen) atoms. The molecule has 7 nitrogen and oxygen atoms in total. The number of aromatic nitrogens is 2. The van der Waals surface area contributed by atoms with Gasteiger partial charge in [0.25, 0.3) is 5.89 Å². The zero-order chi connectivity index (χ0) is 19.1. The molecular weight excluding hydrogens is 354 g/mol. The molecule has 1 aliphatic carbocycles. The molecule has 3 heterocycles. The highest BCUT2D eigenvalue weighted by molar-refractivity contribution is 5.93. The molecule has 0 unspecified atom stereocenters. The number of carbonyl (C=O) groups excluding carboxylic acids is 1. The Bertz CT molecular complexity index is 848. The van der Waals surface area contributed by atoms with E-state index in [1.54, 1.807) is 0 Å². The summed E-state index contributed by atoms with van der Waals surface area (Å²) in [5.41, 5.74) is 1.46. The van der Waals surface area contributed by atoms with Crippen LogP contribution in [0, 0.1) is 0 Å². The van der Waals surface area contributed by atoms with Crippen LogP contribution in [0.1, 0.15) is 56.7 Å². The largest absolute Gasteiger partial charge is 0.335 e. The maximum atomic E-state index is 12.7. The van der Waals surface area contributed by atoms with Crippen LogP contribution < -0.4 is 10.6 Å². The molecule has 3 fully saturated rings. The molecule has 2 aliphatic heterocycles. The molecule has 2 saturated heterocycles. The van der Waals surface area contributed by atoms with Gasteiger partial charge < -0.3 is 20.1 Å². The van der Waals surface area contributed by atoms with Crippen molar-refractivity contribution >= 4 is 11.7 Å². The topological polar surface area (TPSA) is 83.3 Å². The first-order valence-corrected chi connectivity index (χ1v) is 10.4. The van der Waals surface area contributed by atoms with Crippen LogP contribution in [0.2, 0.25) is 0 Å². The molecule has 2 bridgehead atoms. The zero-order valence-electron chi connectivity index (χ0n) is 16.2. The first-order valence-electron chi connectivity index (χ1n) is 10.4. The van der Waals surface area contributed by atoms with E-state index in [0.29, 0.717) is 29.6 Å². The van der Waals surface area contributed by atoms with Gasteiger partial charge in [-0.05, 0) is 57.7 Å². The van der Waals surface area contributed by atoms with Crippen molar-refractivity contribution in [3.05, 3.63) is 30.1 Å². The standard InChI is InChI=1S/C21H27N5O2/c1-26-15-5-4-6-16(26)12-14(11-15)22-21(27)23-18-8-3-2-7-17(18)20-24-19(25-28-20)13-9-10-13/h2-3,7-8,13-16H,4-6,9-12H2,1H3,(H2,22,23,27)/t14-,15+,16-. The number of urea groups is 1. The highest BCUT2D eigenvalue weighted by Gasteiger charge is 2.36. The minimum absolute atomic E-state index is 0.165. The molecule has 3 atom stereocenters. The number of amides is 2. The lowest BCUT2D eigenvalue weighted by Crippen LogP contribution is -2.55. The van der Waals surface area contributed by atoms with Crippen molar-refractivity contribution in [2.24, 2.45) is 0 Å². The van der Waals surface area contributed by atoms with E-state index in [2.05, 4.69) is 32.7 Å². The fourth-order valence-corrected chi connectivity index (χ4v) is 4.71. The fraction of sp³-hybridized carbons (Fsp3) is 0.571. The molecule has 1 aromatic heterocycles. The molecule has 3 aliphatic rings. The molecular formula is C21H27N5O2. The summed E-state index contributed by atoms with van der Waals surface area (Å²) in [7, 11) is 2.22. The SMILES string of the molecule is CN1[C@@H]2CCC[C@H]1C[C@@H](NC(=O)Nc1ccccc1-c1nc(C3CC3)no1)C2. The third-order valence-corrected chi connectivity index (χ3v) is 6.46. The van der Waals surface area contributed by atoms with E-state index in [-0.39, 0.29) is 12.1 Å². The van der Waals surface area contributed by atoms with Crippen molar-refractivity contribution in [3.8, 4) is 11.5 Å². The van der Waals surface area contributed by atoms with Crippen molar-refractivity contribution < 1.29 is 9.32 Å². The summed E-state index contributed by atoms with van der Waals surface area (Å²) in [6.07, 6.45) is 8.07. The predicted octanol–water partition coefficient (Wildman–Crippen LogP) is 3.75. The lowest BCUT2D eigenvalue weighted by Gasteiger charge is -2.47. The molecule has 2 aromatic rings. The molecule has 148 valence electrons. The van der Waals surface area contributed by atoms with Crippen LogP contribution in [0.25, 0.3) is 11.5 Å². The molecule has 1 aromatic carbocycles. The maximum Gasteiger partial charge on any atom is 0.319 e. The summed E-state index contributed by atoms with van der Waals surface area (Å²) in [5.74, 6) is 1.67. The Morgan fingerprint density at radius 1 is 1.14 bits per heavy atom. The van der Waals surface area contributed by atoms with E-state index in [1.165, 1.54) is 19.3 Å². The Morgan fingerprint density at radius 2 is 1.89 bits per heavy atom. The average Bonchev–Trinajstić information content (AvgIpc) is 3.40. The van der Waals surface area contributed by atoms with Crippen LogP contribution in [-0.2, 0) is 0 Å². The summed E-state index contributed by atoms with van der Waals surface area (Å²) in [4.78, 5) is 19.7. The second kappa shape index (κ2) is 7.20. The molecule has 5 rings (SSSR count). The fourth-order valence-electron chi connectivity index (χ4n) is 4.71. The van der Waals surface area contributed by atoms with Crippen LogP contribution in [-0.4, -0.2) is 46.2 Å². The summed E-state index contributed by atoms with van der Waals surface area (Å²) in [6, 6.07) is 8.83. The number of nitrogens with one attached hydrogen (secondary N) is 2. The van der Waals surface area contributed by atoms with Gasteiger partial charge in [-0.15, -0.1) is 0 Å². The number of hydrogen-bond donors (Lipinski definition) is 2.